The molecule has 0 unspecified atom stereocenters. The average molecular weight is 354 g/mol. The molecule has 0 aromatic heterocycles. The third-order valence-electron chi connectivity index (χ3n) is 4.33. The molecule has 2 N–H and O–H groups in total. The molecule has 8 heteroatoms. The monoisotopic (exact) mass is 354 g/mol. The largest absolute Gasteiger partial charge is 0.338 e. The van der Waals surface area contributed by atoms with Crippen molar-refractivity contribution in [2.45, 2.75) is 30.7 Å². The van der Waals surface area contributed by atoms with Crippen LogP contribution in [0.25, 0.3) is 0 Å². The molecule has 134 valence electrons. The third-order valence-corrected chi connectivity index (χ3v) is 6.25. The van der Waals surface area contributed by atoms with Crippen molar-refractivity contribution in [3.63, 3.8) is 0 Å². The SMILES string of the molecule is CCNC(=O)Nc1ccc(S(=O)(=O)N(C)C2CCN(C)CC2)cc1. The summed E-state index contributed by atoms with van der Waals surface area (Å²) in [7, 11) is 0.167. The van der Waals surface area contributed by atoms with Gasteiger partial charge >= 0.3 is 6.03 Å². The quantitative estimate of drug-likeness (QED) is 0.840. The average Bonchev–Trinajstić information content (AvgIpc) is 2.55. The summed E-state index contributed by atoms with van der Waals surface area (Å²) in [5.41, 5.74) is 0.557. The predicted molar refractivity (Wildman–Crippen MR) is 94.6 cm³/mol. The molecule has 0 spiro atoms. The Kier molecular flexibility index (Phi) is 6.20. The standard InChI is InChI=1S/C16H26N4O3S/c1-4-17-16(21)18-13-5-7-15(8-6-13)24(22,23)20(3)14-9-11-19(2)12-10-14/h5-8,14H,4,9-12H2,1-3H3,(H2,17,18,21). The summed E-state index contributed by atoms with van der Waals surface area (Å²) in [5, 5.41) is 5.28. The number of benzene rings is 1. The molecule has 0 saturated carbocycles. The highest BCUT2D eigenvalue weighted by molar-refractivity contribution is 7.89. The Morgan fingerprint density at radius 1 is 1.25 bits per heavy atom. The van der Waals surface area contributed by atoms with Crippen LogP contribution in [0.2, 0.25) is 0 Å². The predicted octanol–water partition coefficient (Wildman–Crippen LogP) is 1.54. The number of rotatable bonds is 5. The van der Waals surface area contributed by atoms with Crippen LogP contribution in [-0.4, -0.2) is 63.4 Å². The van der Waals surface area contributed by atoms with E-state index in [1.165, 1.54) is 16.4 Å². The number of urea groups is 1. The van der Waals surface area contributed by atoms with Crippen LogP contribution in [0.15, 0.2) is 29.2 Å². The van der Waals surface area contributed by atoms with Crippen molar-refractivity contribution in [2.24, 2.45) is 0 Å². The Hall–Kier alpha value is -1.64. The molecule has 1 saturated heterocycles. The number of carbonyl (C=O) groups is 1. The van der Waals surface area contributed by atoms with E-state index in [9.17, 15) is 13.2 Å². The number of amides is 2. The molecule has 2 amide bonds. The van der Waals surface area contributed by atoms with Crippen LogP contribution in [-0.2, 0) is 10.0 Å². The topological polar surface area (TPSA) is 81.8 Å². The second-order valence-corrected chi connectivity index (χ2v) is 8.06. The summed E-state index contributed by atoms with van der Waals surface area (Å²) in [4.78, 5) is 13.9. The van der Waals surface area contributed by atoms with Crippen LogP contribution < -0.4 is 10.6 Å². The third kappa shape index (κ3) is 4.46. The van der Waals surface area contributed by atoms with E-state index in [2.05, 4.69) is 15.5 Å². The van der Waals surface area contributed by atoms with Crippen molar-refractivity contribution in [3.05, 3.63) is 24.3 Å². The first-order valence-electron chi connectivity index (χ1n) is 8.16. The van der Waals surface area contributed by atoms with Gasteiger partial charge in [-0.2, -0.15) is 4.31 Å². The summed E-state index contributed by atoms with van der Waals surface area (Å²) in [6.45, 7) is 4.16. The van der Waals surface area contributed by atoms with Crippen molar-refractivity contribution in [3.8, 4) is 0 Å². The van der Waals surface area contributed by atoms with Gasteiger partial charge in [0.15, 0.2) is 0 Å². The fourth-order valence-electron chi connectivity index (χ4n) is 2.77. The molecule has 7 nitrogen and oxygen atoms in total. The first-order chi connectivity index (χ1) is 11.3. The Balaban J connectivity index is 2.07. The number of likely N-dealkylation sites (tertiary alicyclic amines) is 1. The molecule has 2 rings (SSSR count). The summed E-state index contributed by atoms with van der Waals surface area (Å²) in [5.74, 6) is 0. The molecule has 1 aliphatic rings. The molecular weight excluding hydrogens is 328 g/mol. The number of nitrogens with zero attached hydrogens (tertiary/aromatic N) is 2. The summed E-state index contributed by atoms with van der Waals surface area (Å²) >= 11 is 0. The Labute approximate surface area is 144 Å². The van der Waals surface area contributed by atoms with E-state index in [1.807, 2.05) is 14.0 Å². The first kappa shape index (κ1) is 18.7. The lowest BCUT2D eigenvalue weighted by Crippen LogP contribution is -2.44. The number of carbonyl (C=O) groups excluding carboxylic acids is 1. The van der Waals surface area contributed by atoms with E-state index in [4.69, 9.17) is 0 Å². The van der Waals surface area contributed by atoms with Crippen LogP contribution in [0.3, 0.4) is 0 Å². The van der Waals surface area contributed by atoms with Crippen molar-refractivity contribution in [1.29, 1.82) is 0 Å². The molecule has 1 aliphatic heterocycles. The van der Waals surface area contributed by atoms with Crippen molar-refractivity contribution in [1.82, 2.24) is 14.5 Å². The molecule has 1 heterocycles. The van der Waals surface area contributed by atoms with Gasteiger partial charge in [0.25, 0.3) is 0 Å². The van der Waals surface area contributed by atoms with Gasteiger partial charge in [0.2, 0.25) is 10.0 Å². The van der Waals surface area contributed by atoms with Gasteiger partial charge in [-0.15, -0.1) is 0 Å². The fraction of sp³-hybridized carbons (Fsp3) is 0.562. The second-order valence-electron chi connectivity index (χ2n) is 6.06. The van der Waals surface area contributed by atoms with Gasteiger partial charge in [-0.05, 0) is 64.2 Å². The molecule has 24 heavy (non-hydrogen) atoms. The maximum Gasteiger partial charge on any atom is 0.319 e. The highest BCUT2D eigenvalue weighted by Crippen LogP contribution is 2.23. The number of piperidine rings is 1. The minimum absolute atomic E-state index is 0.0272. The molecular formula is C16H26N4O3S. The van der Waals surface area contributed by atoms with Gasteiger partial charge in [-0.3, -0.25) is 0 Å². The minimum atomic E-state index is -3.53. The van der Waals surface area contributed by atoms with E-state index < -0.39 is 10.0 Å². The van der Waals surface area contributed by atoms with Crippen molar-refractivity contribution < 1.29 is 13.2 Å². The lowest BCUT2D eigenvalue weighted by Gasteiger charge is -2.34. The van der Waals surface area contributed by atoms with Gasteiger partial charge in [0, 0.05) is 25.3 Å². The van der Waals surface area contributed by atoms with Gasteiger partial charge in [0.1, 0.15) is 0 Å². The number of anilines is 1. The molecule has 1 fully saturated rings. The van der Waals surface area contributed by atoms with Crippen LogP contribution in [0, 0.1) is 0 Å². The summed E-state index contributed by atoms with van der Waals surface area (Å²) < 4.78 is 27.0. The van der Waals surface area contributed by atoms with Crippen LogP contribution in [0.4, 0.5) is 10.5 Å². The number of sulfonamides is 1. The number of nitrogens with one attached hydrogen (secondary N) is 2. The molecule has 0 radical (unpaired) electrons. The van der Waals surface area contributed by atoms with E-state index >= 15 is 0 Å². The first-order valence-corrected chi connectivity index (χ1v) is 9.60. The number of hydrogen-bond acceptors (Lipinski definition) is 4. The molecule has 0 bridgehead atoms. The zero-order valence-corrected chi connectivity index (χ0v) is 15.3. The Morgan fingerprint density at radius 3 is 2.38 bits per heavy atom. The second kappa shape index (κ2) is 7.96. The molecule has 1 aromatic carbocycles. The van der Waals surface area contributed by atoms with E-state index in [-0.39, 0.29) is 17.0 Å². The highest BCUT2D eigenvalue weighted by atomic mass is 32.2. The van der Waals surface area contributed by atoms with Gasteiger partial charge in [0.05, 0.1) is 4.90 Å². The van der Waals surface area contributed by atoms with Crippen LogP contribution in [0.5, 0.6) is 0 Å². The maximum atomic E-state index is 12.8. The Morgan fingerprint density at radius 2 is 1.83 bits per heavy atom. The van der Waals surface area contributed by atoms with Crippen LogP contribution in [0.1, 0.15) is 19.8 Å². The Bertz CT molecular complexity index is 652. The smallest absolute Gasteiger partial charge is 0.319 e. The van der Waals surface area contributed by atoms with E-state index in [0.29, 0.717) is 12.2 Å². The minimum Gasteiger partial charge on any atom is -0.338 e. The molecule has 0 aliphatic carbocycles. The van der Waals surface area contributed by atoms with Gasteiger partial charge < -0.3 is 15.5 Å². The van der Waals surface area contributed by atoms with Gasteiger partial charge in [-0.25, -0.2) is 13.2 Å². The fourth-order valence-corrected chi connectivity index (χ4v) is 4.18. The van der Waals surface area contributed by atoms with Crippen molar-refractivity contribution >= 4 is 21.7 Å². The highest BCUT2D eigenvalue weighted by Gasteiger charge is 2.30. The van der Waals surface area contributed by atoms with Crippen molar-refractivity contribution in [2.75, 3.05) is 39.0 Å². The summed E-state index contributed by atoms with van der Waals surface area (Å²) in [6.07, 6.45) is 1.67. The van der Waals surface area contributed by atoms with E-state index in [1.54, 1.807) is 19.2 Å². The normalized spacial score (nSPS) is 17.0. The molecule has 0 atom stereocenters. The lowest BCUT2D eigenvalue weighted by atomic mass is 10.1. The number of hydrogen-bond donors (Lipinski definition) is 2. The lowest BCUT2D eigenvalue weighted by molar-refractivity contribution is 0.197. The van der Waals surface area contributed by atoms with Gasteiger partial charge in [-0.1, -0.05) is 0 Å². The zero-order chi connectivity index (χ0) is 17.7. The van der Waals surface area contributed by atoms with E-state index in [0.717, 1.165) is 25.9 Å². The maximum absolute atomic E-state index is 12.8. The summed E-state index contributed by atoms with van der Waals surface area (Å²) in [6, 6.07) is 5.98. The molecule has 1 aromatic rings. The zero-order valence-electron chi connectivity index (χ0n) is 14.4. The van der Waals surface area contributed by atoms with Crippen LogP contribution >= 0.6 is 0 Å².